The molecule has 0 saturated heterocycles. The van der Waals surface area contributed by atoms with Gasteiger partial charge in [0.05, 0.1) is 11.6 Å². The van der Waals surface area contributed by atoms with E-state index in [9.17, 15) is 0 Å². The highest BCUT2D eigenvalue weighted by molar-refractivity contribution is 5.23. The minimum Gasteiger partial charge on any atom is -0.374 e. The van der Waals surface area contributed by atoms with E-state index in [0.29, 0.717) is 5.92 Å². The summed E-state index contributed by atoms with van der Waals surface area (Å²) in [6.07, 6.45) is 5.65. The zero-order chi connectivity index (χ0) is 15.3. The minimum absolute atomic E-state index is 0.119. The van der Waals surface area contributed by atoms with Crippen molar-refractivity contribution in [3.63, 3.8) is 0 Å². The molecule has 3 N–H and O–H groups in total. The minimum atomic E-state index is -0.119. The molecule has 3 unspecified atom stereocenters. The summed E-state index contributed by atoms with van der Waals surface area (Å²) < 4.78 is 6.25. The summed E-state index contributed by atoms with van der Waals surface area (Å²) in [6.45, 7) is 7.28. The summed E-state index contributed by atoms with van der Waals surface area (Å²) >= 11 is 0. The summed E-state index contributed by atoms with van der Waals surface area (Å²) in [5.74, 6) is 6.62. The number of ether oxygens (including phenoxy) is 1. The average Bonchev–Trinajstić information content (AvgIpc) is 2.47. The molecule has 1 fully saturated rings. The van der Waals surface area contributed by atoms with Gasteiger partial charge in [0.15, 0.2) is 0 Å². The fourth-order valence-electron chi connectivity index (χ4n) is 3.74. The summed E-state index contributed by atoms with van der Waals surface area (Å²) in [6, 6.07) is 8.90. The van der Waals surface area contributed by atoms with Gasteiger partial charge in [-0.15, -0.1) is 0 Å². The molecule has 3 heteroatoms. The molecule has 0 aromatic heterocycles. The number of nitrogens with one attached hydrogen (secondary N) is 1. The normalized spacial score (nSPS) is 27.5. The highest BCUT2D eigenvalue weighted by Crippen LogP contribution is 2.38. The Hall–Kier alpha value is -0.900. The number of benzene rings is 1. The van der Waals surface area contributed by atoms with Gasteiger partial charge in [-0.1, -0.05) is 49.6 Å². The quantitative estimate of drug-likeness (QED) is 0.624. The zero-order valence-corrected chi connectivity index (χ0v) is 13.7. The molecule has 1 saturated carbocycles. The van der Waals surface area contributed by atoms with Gasteiger partial charge in [0.25, 0.3) is 0 Å². The maximum absolute atomic E-state index is 6.25. The fraction of sp³-hybridized carbons (Fsp3) is 0.667. The second-order valence-corrected chi connectivity index (χ2v) is 6.61. The summed E-state index contributed by atoms with van der Waals surface area (Å²) in [5, 5.41) is 0. The van der Waals surface area contributed by atoms with Crippen LogP contribution in [0.1, 0.15) is 50.7 Å². The van der Waals surface area contributed by atoms with E-state index in [-0.39, 0.29) is 11.6 Å². The number of hydrogen-bond donors (Lipinski definition) is 2. The molecule has 3 nitrogen and oxygen atoms in total. The van der Waals surface area contributed by atoms with Gasteiger partial charge in [0.1, 0.15) is 0 Å². The first-order chi connectivity index (χ1) is 10.1. The molecule has 0 spiro atoms. The summed E-state index contributed by atoms with van der Waals surface area (Å²) in [5.41, 5.74) is 5.55. The van der Waals surface area contributed by atoms with Crippen LogP contribution in [0.3, 0.4) is 0 Å². The smallest absolute Gasteiger partial charge is 0.0853 e. The van der Waals surface area contributed by atoms with Crippen LogP contribution < -0.4 is 11.3 Å². The molecule has 21 heavy (non-hydrogen) atoms. The van der Waals surface area contributed by atoms with E-state index in [1.165, 1.54) is 24.0 Å². The first-order valence-corrected chi connectivity index (χ1v) is 8.25. The number of rotatable bonds is 6. The highest BCUT2D eigenvalue weighted by Gasteiger charge is 2.42. The Morgan fingerprint density at radius 3 is 2.67 bits per heavy atom. The standard InChI is InChI=1S/C18H30N2O/c1-4-21-18(11-5-6-15(3)13-18)17(20-19)12-16-9-7-14(2)8-10-16/h7-10,15,17,20H,4-6,11-13,19H2,1-3H3. The van der Waals surface area contributed by atoms with E-state index < -0.39 is 0 Å². The van der Waals surface area contributed by atoms with Crippen LogP contribution in [0.5, 0.6) is 0 Å². The maximum atomic E-state index is 6.25. The van der Waals surface area contributed by atoms with Crippen molar-refractivity contribution in [2.75, 3.05) is 6.61 Å². The van der Waals surface area contributed by atoms with E-state index in [2.05, 4.69) is 50.5 Å². The molecular formula is C18H30N2O. The SMILES string of the molecule is CCOC1(C(Cc2ccc(C)cc2)NN)CCCC(C)C1. The monoisotopic (exact) mass is 290 g/mol. The fourth-order valence-corrected chi connectivity index (χ4v) is 3.74. The van der Waals surface area contributed by atoms with Gasteiger partial charge in [-0.2, -0.15) is 0 Å². The van der Waals surface area contributed by atoms with Crippen LogP contribution in [0.4, 0.5) is 0 Å². The largest absolute Gasteiger partial charge is 0.374 e. The Bertz CT molecular complexity index is 427. The first-order valence-electron chi connectivity index (χ1n) is 8.25. The molecule has 1 aliphatic carbocycles. The van der Waals surface area contributed by atoms with Gasteiger partial charge >= 0.3 is 0 Å². The van der Waals surface area contributed by atoms with Crippen molar-refractivity contribution < 1.29 is 4.74 Å². The molecular weight excluding hydrogens is 260 g/mol. The van der Waals surface area contributed by atoms with Crippen LogP contribution in [0.15, 0.2) is 24.3 Å². The Morgan fingerprint density at radius 2 is 2.10 bits per heavy atom. The second-order valence-electron chi connectivity index (χ2n) is 6.61. The third kappa shape index (κ3) is 4.06. The lowest BCUT2D eigenvalue weighted by atomic mass is 9.73. The van der Waals surface area contributed by atoms with E-state index in [1.807, 2.05) is 0 Å². The van der Waals surface area contributed by atoms with Crippen molar-refractivity contribution in [1.82, 2.24) is 5.43 Å². The predicted molar refractivity (Wildman–Crippen MR) is 88.0 cm³/mol. The van der Waals surface area contributed by atoms with Gasteiger partial charge in [0.2, 0.25) is 0 Å². The number of hydrogen-bond acceptors (Lipinski definition) is 3. The van der Waals surface area contributed by atoms with Gasteiger partial charge in [0, 0.05) is 6.61 Å². The summed E-state index contributed by atoms with van der Waals surface area (Å²) in [7, 11) is 0. The molecule has 1 aliphatic rings. The Balaban J connectivity index is 2.17. The van der Waals surface area contributed by atoms with Crippen LogP contribution >= 0.6 is 0 Å². The Labute approximate surface area is 129 Å². The Morgan fingerprint density at radius 1 is 1.38 bits per heavy atom. The summed E-state index contributed by atoms with van der Waals surface area (Å²) in [4.78, 5) is 0. The number of aryl methyl sites for hydroxylation is 1. The molecule has 0 amide bonds. The molecule has 0 heterocycles. The lowest BCUT2D eigenvalue weighted by Gasteiger charge is -2.45. The van der Waals surface area contributed by atoms with Gasteiger partial charge in [-0.25, -0.2) is 0 Å². The maximum Gasteiger partial charge on any atom is 0.0853 e. The number of hydrazine groups is 1. The molecule has 0 bridgehead atoms. The first kappa shape index (κ1) is 16.5. The van der Waals surface area contributed by atoms with Crippen LogP contribution in [0.25, 0.3) is 0 Å². The van der Waals surface area contributed by atoms with E-state index in [4.69, 9.17) is 10.6 Å². The second kappa shape index (κ2) is 7.39. The van der Waals surface area contributed by atoms with Gasteiger partial charge < -0.3 is 4.74 Å². The number of nitrogens with two attached hydrogens (primary N) is 1. The molecule has 1 aromatic carbocycles. The molecule has 0 radical (unpaired) electrons. The van der Waals surface area contributed by atoms with Crippen LogP contribution in [0.2, 0.25) is 0 Å². The molecule has 3 atom stereocenters. The third-order valence-electron chi connectivity index (χ3n) is 4.82. The van der Waals surface area contributed by atoms with Crippen LogP contribution in [-0.4, -0.2) is 18.2 Å². The molecule has 1 aromatic rings. The van der Waals surface area contributed by atoms with Crippen molar-refractivity contribution in [3.05, 3.63) is 35.4 Å². The topological polar surface area (TPSA) is 47.3 Å². The lowest BCUT2D eigenvalue weighted by molar-refractivity contribution is -0.100. The van der Waals surface area contributed by atoms with Gasteiger partial charge in [-0.3, -0.25) is 11.3 Å². The molecule has 0 aliphatic heterocycles. The van der Waals surface area contributed by atoms with Crippen molar-refractivity contribution >= 4 is 0 Å². The van der Waals surface area contributed by atoms with Crippen molar-refractivity contribution in [2.24, 2.45) is 11.8 Å². The van der Waals surface area contributed by atoms with Crippen LogP contribution in [-0.2, 0) is 11.2 Å². The highest BCUT2D eigenvalue weighted by atomic mass is 16.5. The molecule has 118 valence electrons. The third-order valence-corrected chi connectivity index (χ3v) is 4.82. The van der Waals surface area contributed by atoms with E-state index >= 15 is 0 Å². The van der Waals surface area contributed by atoms with Gasteiger partial charge in [-0.05, 0) is 44.6 Å². The predicted octanol–water partition coefficient (Wildman–Crippen LogP) is 3.35. The average molecular weight is 290 g/mol. The van der Waals surface area contributed by atoms with Crippen molar-refractivity contribution in [2.45, 2.75) is 64.5 Å². The lowest BCUT2D eigenvalue weighted by Crippen LogP contribution is -2.57. The van der Waals surface area contributed by atoms with Crippen LogP contribution in [0, 0.1) is 12.8 Å². The molecule has 2 rings (SSSR count). The van der Waals surface area contributed by atoms with E-state index in [1.54, 1.807) is 0 Å². The zero-order valence-electron chi connectivity index (χ0n) is 13.7. The van der Waals surface area contributed by atoms with Crippen molar-refractivity contribution in [1.29, 1.82) is 0 Å². The van der Waals surface area contributed by atoms with E-state index in [0.717, 1.165) is 25.9 Å². The Kier molecular flexibility index (Phi) is 5.80. The van der Waals surface area contributed by atoms with Crippen molar-refractivity contribution in [3.8, 4) is 0 Å².